The van der Waals surface area contributed by atoms with E-state index in [-0.39, 0.29) is 5.54 Å². The van der Waals surface area contributed by atoms with Gasteiger partial charge in [-0.05, 0) is 48.4 Å². The monoisotopic (exact) mass is 357 g/mol. The molecule has 0 saturated carbocycles. The van der Waals surface area contributed by atoms with Crippen LogP contribution in [-0.4, -0.2) is 22.9 Å². The zero-order valence-electron chi connectivity index (χ0n) is 13.4. The van der Waals surface area contributed by atoms with E-state index in [0.29, 0.717) is 6.54 Å². The number of rotatable bonds is 2. The average molecular weight is 358 g/mol. The molecule has 0 aliphatic carbocycles. The highest BCUT2D eigenvalue weighted by atomic mass is 35.5. The highest BCUT2D eigenvalue weighted by Crippen LogP contribution is 2.38. The van der Waals surface area contributed by atoms with Crippen LogP contribution in [0.5, 0.6) is 0 Å². The molecule has 1 spiro atoms. The lowest BCUT2D eigenvalue weighted by atomic mass is 9.90. The van der Waals surface area contributed by atoms with Crippen molar-refractivity contribution in [1.29, 1.82) is 0 Å². The molecular weight excluding hydrogens is 338 g/mol. The molecule has 2 aliphatic rings. The van der Waals surface area contributed by atoms with Crippen LogP contribution in [0, 0.1) is 0 Å². The molecule has 0 aromatic heterocycles. The first-order valence-electron chi connectivity index (χ1n) is 8.27. The highest BCUT2D eigenvalue weighted by Gasteiger charge is 2.41. The fourth-order valence-electron chi connectivity index (χ4n) is 3.34. The number of halogens is 1. The summed E-state index contributed by atoms with van der Waals surface area (Å²) in [5.41, 5.74) is 3.31. The van der Waals surface area contributed by atoms with Gasteiger partial charge in [-0.3, -0.25) is 4.99 Å². The van der Waals surface area contributed by atoms with Crippen LogP contribution in [0.25, 0.3) is 0 Å². The SMILES string of the molecule is Clc1cccc(CN=C2Nc3ccccc3NC23CCCSC3)c1. The smallest absolute Gasteiger partial charge is 0.128 e. The maximum absolute atomic E-state index is 6.10. The average Bonchev–Trinajstić information content (AvgIpc) is 2.61. The molecule has 1 atom stereocenters. The Bertz CT molecular complexity index is 769. The Kier molecular flexibility index (Phi) is 4.42. The molecule has 5 heteroatoms. The maximum Gasteiger partial charge on any atom is 0.128 e. The number of benzene rings is 2. The summed E-state index contributed by atoms with van der Waals surface area (Å²) in [7, 11) is 0. The molecule has 2 aromatic carbocycles. The van der Waals surface area contributed by atoms with E-state index in [2.05, 4.69) is 41.0 Å². The van der Waals surface area contributed by atoms with Crippen molar-refractivity contribution in [2.45, 2.75) is 24.9 Å². The van der Waals surface area contributed by atoms with Crippen LogP contribution in [0.1, 0.15) is 18.4 Å². The van der Waals surface area contributed by atoms with E-state index >= 15 is 0 Å². The Labute approximate surface area is 151 Å². The van der Waals surface area contributed by atoms with Crippen molar-refractivity contribution >= 4 is 40.6 Å². The van der Waals surface area contributed by atoms with Crippen molar-refractivity contribution in [1.82, 2.24) is 0 Å². The van der Waals surface area contributed by atoms with Gasteiger partial charge in [0.25, 0.3) is 0 Å². The number of fused-ring (bicyclic) bond motifs is 1. The van der Waals surface area contributed by atoms with E-state index in [1.165, 1.54) is 17.9 Å². The van der Waals surface area contributed by atoms with Crippen molar-refractivity contribution < 1.29 is 0 Å². The Morgan fingerprint density at radius 3 is 2.79 bits per heavy atom. The number of thioether (sulfide) groups is 1. The second-order valence-corrected chi connectivity index (χ2v) is 7.87. The Balaban J connectivity index is 1.66. The topological polar surface area (TPSA) is 36.4 Å². The van der Waals surface area contributed by atoms with Crippen LogP contribution < -0.4 is 10.6 Å². The number of anilines is 2. The van der Waals surface area contributed by atoms with Gasteiger partial charge in [-0.15, -0.1) is 0 Å². The van der Waals surface area contributed by atoms with Gasteiger partial charge in [-0.25, -0.2) is 0 Å². The molecule has 1 unspecified atom stereocenters. The summed E-state index contributed by atoms with van der Waals surface area (Å²) < 4.78 is 0. The molecular formula is C19H20ClN3S. The second kappa shape index (κ2) is 6.69. The van der Waals surface area contributed by atoms with Crippen molar-refractivity contribution in [2.75, 3.05) is 22.1 Å². The van der Waals surface area contributed by atoms with Crippen LogP contribution in [0.2, 0.25) is 5.02 Å². The normalized spacial score (nSPS) is 24.3. The first-order valence-corrected chi connectivity index (χ1v) is 9.80. The molecule has 1 saturated heterocycles. The van der Waals surface area contributed by atoms with Crippen molar-refractivity contribution in [3.8, 4) is 0 Å². The number of hydrogen-bond donors (Lipinski definition) is 2. The number of nitrogens with one attached hydrogen (secondary N) is 2. The predicted octanol–water partition coefficient (Wildman–Crippen LogP) is 5.04. The Morgan fingerprint density at radius 2 is 2.00 bits per heavy atom. The summed E-state index contributed by atoms with van der Waals surface area (Å²) in [6.45, 7) is 0.638. The predicted molar refractivity (Wildman–Crippen MR) is 106 cm³/mol. The maximum atomic E-state index is 6.10. The molecule has 2 N–H and O–H groups in total. The molecule has 0 bridgehead atoms. The third-order valence-corrected chi connectivity index (χ3v) is 6.07. The Morgan fingerprint density at radius 1 is 1.12 bits per heavy atom. The second-order valence-electron chi connectivity index (χ2n) is 6.33. The molecule has 1 fully saturated rings. The zero-order chi connectivity index (χ0) is 16.4. The zero-order valence-corrected chi connectivity index (χ0v) is 15.0. The molecule has 0 amide bonds. The molecule has 24 heavy (non-hydrogen) atoms. The number of aliphatic imine (C=N–C) groups is 1. The van der Waals surface area contributed by atoms with Gasteiger partial charge >= 0.3 is 0 Å². The molecule has 4 rings (SSSR count). The van der Waals surface area contributed by atoms with E-state index in [1.54, 1.807) is 0 Å². The molecule has 2 heterocycles. The van der Waals surface area contributed by atoms with Crippen LogP contribution in [0.3, 0.4) is 0 Å². The van der Waals surface area contributed by atoms with E-state index < -0.39 is 0 Å². The van der Waals surface area contributed by atoms with E-state index in [0.717, 1.165) is 34.3 Å². The van der Waals surface area contributed by atoms with Crippen LogP contribution in [-0.2, 0) is 6.54 Å². The summed E-state index contributed by atoms with van der Waals surface area (Å²) >= 11 is 8.09. The largest absolute Gasteiger partial charge is 0.370 e. The standard InChI is InChI=1S/C19H20ClN3S/c20-15-6-3-5-14(11-15)12-21-18-19(9-4-10-24-13-19)23-17-8-2-1-7-16(17)22-18/h1-3,5-8,11,23H,4,9-10,12-13H2,(H,21,22). The lowest BCUT2D eigenvalue weighted by molar-refractivity contribution is 0.589. The van der Waals surface area contributed by atoms with Gasteiger partial charge in [0.1, 0.15) is 11.4 Å². The molecule has 0 radical (unpaired) electrons. The van der Waals surface area contributed by atoms with Gasteiger partial charge < -0.3 is 10.6 Å². The lowest BCUT2D eigenvalue weighted by Gasteiger charge is -2.43. The van der Waals surface area contributed by atoms with Crippen LogP contribution >= 0.6 is 23.4 Å². The Hall–Kier alpha value is -1.65. The summed E-state index contributed by atoms with van der Waals surface area (Å²) in [6.07, 6.45) is 2.31. The first kappa shape index (κ1) is 15.9. The van der Waals surface area contributed by atoms with Gasteiger partial charge in [0.15, 0.2) is 0 Å². The number of hydrogen-bond acceptors (Lipinski definition) is 3. The van der Waals surface area contributed by atoms with E-state index in [9.17, 15) is 0 Å². The molecule has 124 valence electrons. The van der Waals surface area contributed by atoms with E-state index in [1.807, 2.05) is 30.0 Å². The fraction of sp³-hybridized carbons (Fsp3) is 0.316. The quantitative estimate of drug-likeness (QED) is 0.790. The van der Waals surface area contributed by atoms with E-state index in [4.69, 9.17) is 16.6 Å². The van der Waals surface area contributed by atoms with Gasteiger partial charge in [0.2, 0.25) is 0 Å². The first-order chi connectivity index (χ1) is 11.8. The summed E-state index contributed by atoms with van der Waals surface area (Å²) in [6, 6.07) is 16.3. The third kappa shape index (κ3) is 3.13. The van der Waals surface area contributed by atoms with Crippen LogP contribution in [0.4, 0.5) is 11.4 Å². The molecule has 2 aliphatic heterocycles. The van der Waals surface area contributed by atoms with Gasteiger partial charge in [0, 0.05) is 10.8 Å². The van der Waals surface area contributed by atoms with Gasteiger partial charge in [-0.1, -0.05) is 35.9 Å². The lowest BCUT2D eigenvalue weighted by Crippen LogP contribution is -2.56. The minimum absolute atomic E-state index is 0.0875. The molecule has 3 nitrogen and oxygen atoms in total. The number of para-hydroxylation sites is 2. The minimum atomic E-state index is -0.0875. The third-order valence-electron chi connectivity index (χ3n) is 4.56. The van der Waals surface area contributed by atoms with Gasteiger partial charge in [0.05, 0.1) is 17.9 Å². The van der Waals surface area contributed by atoms with Gasteiger partial charge in [-0.2, -0.15) is 11.8 Å². The number of nitrogens with zero attached hydrogens (tertiary/aromatic N) is 1. The summed E-state index contributed by atoms with van der Waals surface area (Å²) in [4.78, 5) is 4.94. The summed E-state index contributed by atoms with van der Waals surface area (Å²) in [5, 5.41) is 8.11. The summed E-state index contributed by atoms with van der Waals surface area (Å²) in [5.74, 6) is 3.32. The highest BCUT2D eigenvalue weighted by molar-refractivity contribution is 7.99. The van der Waals surface area contributed by atoms with Crippen molar-refractivity contribution in [3.05, 3.63) is 59.1 Å². The fourth-order valence-corrected chi connectivity index (χ4v) is 4.75. The minimum Gasteiger partial charge on any atom is -0.370 e. The van der Waals surface area contributed by atoms with Crippen molar-refractivity contribution in [2.24, 2.45) is 4.99 Å². The molecule has 2 aromatic rings. The van der Waals surface area contributed by atoms with Crippen molar-refractivity contribution in [3.63, 3.8) is 0 Å². The van der Waals surface area contributed by atoms with Crippen LogP contribution in [0.15, 0.2) is 53.5 Å². The number of amidine groups is 1.